The quantitative estimate of drug-likeness (QED) is 0.406. The van der Waals surface area contributed by atoms with Crippen molar-refractivity contribution in [1.29, 1.82) is 0 Å². The van der Waals surface area contributed by atoms with Gasteiger partial charge in [0.2, 0.25) is 5.91 Å². The van der Waals surface area contributed by atoms with Crippen LogP contribution >= 0.6 is 0 Å². The fraction of sp³-hybridized carbons (Fsp3) is 0.778. The van der Waals surface area contributed by atoms with E-state index in [2.05, 4.69) is 30.3 Å². The molecule has 0 saturated carbocycles. The Labute approximate surface area is 161 Å². The number of carbonyl (C=O) groups excluding carboxylic acids is 1. The zero-order valence-electron chi connectivity index (χ0n) is 16.4. The third-order valence-corrected chi connectivity index (χ3v) is 5.29. The minimum absolute atomic E-state index is 0.288. The van der Waals surface area contributed by atoms with Crippen LogP contribution in [0.15, 0.2) is 17.6 Å². The van der Waals surface area contributed by atoms with Crippen molar-refractivity contribution >= 4 is 11.9 Å². The van der Waals surface area contributed by atoms with E-state index in [0.29, 0.717) is 6.54 Å². The fourth-order valence-corrected chi connectivity index (χ4v) is 3.67. The summed E-state index contributed by atoms with van der Waals surface area (Å²) in [5, 5.41) is 11.1. The van der Waals surface area contributed by atoms with E-state index in [4.69, 9.17) is 0 Å². The average Bonchev–Trinajstić information content (AvgIpc) is 3.39. The van der Waals surface area contributed by atoms with E-state index in [9.17, 15) is 4.79 Å². The smallest absolute Gasteiger partial charge is 0.236 e. The number of nitrogens with one attached hydrogen (secondary N) is 1. The molecule has 0 unspecified atom stereocenters. The number of aliphatic imine (C=N–C) groups is 1. The first kappa shape index (κ1) is 19.6. The summed E-state index contributed by atoms with van der Waals surface area (Å²) >= 11 is 0. The lowest BCUT2D eigenvalue weighted by Gasteiger charge is -2.36. The first-order valence-electron chi connectivity index (χ1n) is 10.0. The summed E-state index contributed by atoms with van der Waals surface area (Å²) in [6.07, 6.45) is 7.96. The maximum absolute atomic E-state index is 12.3. The number of guanidine groups is 1. The van der Waals surface area contributed by atoms with Gasteiger partial charge in [0, 0.05) is 59.4 Å². The molecule has 0 radical (unpaired) electrons. The molecule has 3 heterocycles. The number of likely N-dealkylation sites (tertiary alicyclic amines) is 1. The first-order chi connectivity index (χ1) is 13.3. The third-order valence-electron chi connectivity index (χ3n) is 5.29. The van der Waals surface area contributed by atoms with E-state index >= 15 is 0 Å². The maximum Gasteiger partial charge on any atom is 0.236 e. The SMILES string of the molecule is CN=C(NCCCCn1cnnc1)N1CCN(CC(=O)N2CCCC2)CC1. The zero-order chi connectivity index (χ0) is 18.9. The number of carbonyl (C=O) groups is 1. The minimum atomic E-state index is 0.288. The summed E-state index contributed by atoms with van der Waals surface area (Å²) in [5.41, 5.74) is 0. The predicted octanol–water partition coefficient (Wildman–Crippen LogP) is -0.126. The fourth-order valence-electron chi connectivity index (χ4n) is 3.67. The highest BCUT2D eigenvalue weighted by molar-refractivity contribution is 5.80. The van der Waals surface area contributed by atoms with Gasteiger partial charge >= 0.3 is 0 Å². The van der Waals surface area contributed by atoms with Crippen LogP contribution in [0.5, 0.6) is 0 Å². The lowest BCUT2D eigenvalue weighted by atomic mass is 10.3. The molecule has 150 valence electrons. The molecular formula is C18H32N8O. The maximum atomic E-state index is 12.3. The van der Waals surface area contributed by atoms with E-state index in [-0.39, 0.29) is 5.91 Å². The van der Waals surface area contributed by atoms with E-state index in [1.807, 2.05) is 16.5 Å². The normalized spacial score (nSPS) is 18.9. The molecule has 2 aliphatic heterocycles. The van der Waals surface area contributed by atoms with Crippen LogP contribution in [0.3, 0.4) is 0 Å². The molecule has 1 amide bonds. The Hall–Kier alpha value is -2.16. The molecule has 1 aromatic heterocycles. The molecule has 1 aromatic rings. The van der Waals surface area contributed by atoms with Gasteiger partial charge in [0.15, 0.2) is 5.96 Å². The van der Waals surface area contributed by atoms with Gasteiger partial charge in [-0.25, -0.2) is 0 Å². The lowest BCUT2D eigenvalue weighted by molar-refractivity contribution is -0.131. The van der Waals surface area contributed by atoms with Crippen LogP contribution in [0.4, 0.5) is 0 Å². The molecule has 0 aliphatic carbocycles. The highest BCUT2D eigenvalue weighted by Crippen LogP contribution is 2.09. The van der Waals surface area contributed by atoms with Gasteiger partial charge in [-0.3, -0.25) is 14.7 Å². The van der Waals surface area contributed by atoms with Gasteiger partial charge in [0.1, 0.15) is 12.7 Å². The van der Waals surface area contributed by atoms with Gasteiger partial charge in [-0.15, -0.1) is 10.2 Å². The van der Waals surface area contributed by atoms with Crippen molar-refractivity contribution in [2.75, 3.05) is 59.4 Å². The molecule has 27 heavy (non-hydrogen) atoms. The van der Waals surface area contributed by atoms with Crippen molar-refractivity contribution in [3.05, 3.63) is 12.7 Å². The number of rotatable bonds is 7. The topological polar surface area (TPSA) is 81.9 Å². The van der Waals surface area contributed by atoms with Crippen molar-refractivity contribution in [3.8, 4) is 0 Å². The van der Waals surface area contributed by atoms with Crippen molar-refractivity contribution < 1.29 is 4.79 Å². The summed E-state index contributed by atoms with van der Waals surface area (Å²) in [6, 6.07) is 0. The number of aryl methyl sites for hydroxylation is 1. The Morgan fingerprint density at radius 3 is 2.37 bits per heavy atom. The second-order valence-corrected chi connectivity index (χ2v) is 7.23. The van der Waals surface area contributed by atoms with E-state index < -0.39 is 0 Å². The summed E-state index contributed by atoms with van der Waals surface area (Å²) < 4.78 is 2.00. The standard InChI is InChI=1S/C18H32N8O/c1-19-18(20-6-2-3-7-24-15-21-22-16-24)26-12-10-23(11-13-26)14-17(27)25-8-4-5-9-25/h15-16H,2-14H2,1H3,(H,19,20). The van der Waals surface area contributed by atoms with Crippen LogP contribution in [0, 0.1) is 0 Å². The second-order valence-electron chi connectivity index (χ2n) is 7.23. The van der Waals surface area contributed by atoms with Crippen molar-refractivity contribution in [3.63, 3.8) is 0 Å². The van der Waals surface area contributed by atoms with E-state index in [1.54, 1.807) is 12.7 Å². The number of hydrogen-bond acceptors (Lipinski definition) is 5. The average molecular weight is 377 g/mol. The van der Waals surface area contributed by atoms with Crippen molar-refractivity contribution in [2.24, 2.45) is 4.99 Å². The number of aromatic nitrogens is 3. The second kappa shape index (κ2) is 10.2. The highest BCUT2D eigenvalue weighted by Gasteiger charge is 2.24. The third kappa shape index (κ3) is 5.92. The van der Waals surface area contributed by atoms with Crippen LogP contribution in [0.1, 0.15) is 25.7 Å². The first-order valence-corrected chi connectivity index (χ1v) is 10.0. The Morgan fingerprint density at radius 2 is 1.70 bits per heavy atom. The molecule has 9 nitrogen and oxygen atoms in total. The van der Waals surface area contributed by atoms with Crippen LogP contribution < -0.4 is 5.32 Å². The largest absolute Gasteiger partial charge is 0.356 e. The summed E-state index contributed by atoms with van der Waals surface area (Å²) in [7, 11) is 1.84. The van der Waals surface area contributed by atoms with Crippen molar-refractivity contribution in [2.45, 2.75) is 32.2 Å². The van der Waals surface area contributed by atoms with Gasteiger partial charge in [-0.05, 0) is 25.7 Å². The molecule has 0 spiro atoms. The highest BCUT2D eigenvalue weighted by atomic mass is 16.2. The van der Waals surface area contributed by atoms with Crippen LogP contribution in [-0.4, -0.2) is 101 Å². The van der Waals surface area contributed by atoms with Gasteiger partial charge in [-0.2, -0.15) is 0 Å². The molecule has 0 atom stereocenters. The lowest BCUT2D eigenvalue weighted by Crippen LogP contribution is -2.54. The van der Waals surface area contributed by atoms with Gasteiger partial charge in [0.05, 0.1) is 6.54 Å². The molecule has 9 heteroatoms. The number of amides is 1. The molecule has 1 N–H and O–H groups in total. The number of hydrogen-bond donors (Lipinski definition) is 1. The number of nitrogens with zero attached hydrogens (tertiary/aromatic N) is 7. The summed E-state index contributed by atoms with van der Waals surface area (Å²) in [5.74, 6) is 1.25. The molecule has 2 fully saturated rings. The number of piperazine rings is 1. The molecule has 0 bridgehead atoms. The van der Waals surface area contributed by atoms with E-state index in [1.165, 1.54) is 0 Å². The molecule has 0 aromatic carbocycles. The van der Waals surface area contributed by atoms with Crippen LogP contribution in [0.2, 0.25) is 0 Å². The van der Waals surface area contributed by atoms with Gasteiger partial charge in [0.25, 0.3) is 0 Å². The molecular weight excluding hydrogens is 344 g/mol. The van der Waals surface area contributed by atoms with Crippen LogP contribution in [0.25, 0.3) is 0 Å². The summed E-state index contributed by atoms with van der Waals surface area (Å²) in [4.78, 5) is 23.3. The Morgan fingerprint density at radius 1 is 1.00 bits per heavy atom. The minimum Gasteiger partial charge on any atom is -0.356 e. The Balaban J connectivity index is 1.31. The van der Waals surface area contributed by atoms with E-state index in [0.717, 1.165) is 84.0 Å². The van der Waals surface area contributed by atoms with Crippen molar-refractivity contribution in [1.82, 2.24) is 34.8 Å². The Kier molecular flexibility index (Phi) is 7.44. The predicted molar refractivity (Wildman–Crippen MR) is 104 cm³/mol. The number of unbranched alkanes of at least 4 members (excludes halogenated alkanes) is 1. The molecule has 2 aliphatic rings. The van der Waals surface area contributed by atoms with Gasteiger partial charge in [-0.1, -0.05) is 0 Å². The zero-order valence-corrected chi connectivity index (χ0v) is 16.4. The summed E-state index contributed by atoms with van der Waals surface area (Å²) in [6.45, 7) is 7.92. The molecule has 3 rings (SSSR count). The molecule has 2 saturated heterocycles. The monoisotopic (exact) mass is 376 g/mol. The van der Waals surface area contributed by atoms with Gasteiger partial charge < -0.3 is 19.7 Å². The Bertz CT molecular complexity index is 589. The van der Waals surface area contributed by atoms with Crippen LogP contribution in [-0.2, 0) is 11.3 Å².